The summed E-state index contributed by atoms with van der Waals surface area (Å²) in [5, 5.41) is -0.158. The van der Waals surface area contributed by atoms with Crippen molar-refractivity contribution in [1.29, 1.82) is 0 Å². The summed E-state index contributed by atoms with van der Waals surface area (Å²) in [6.07, 6.45) is 1.25. The number of nitrogens with zero attached hydrogens (tertiary/aromatic N) is 1. The van der Waals surface area contributed by atoms with Crippen molar-refractivity contribution < 1.29 is 17.9 Å². The van der Waals surface area contributed by atoms with E-state index in [9.17, 15) is 8.42 Å². The van der Waals surface area contributed by atoms with Crippen molar-refractivity contribution in [2.45, 2.75) is 5.37 Å². The topological polar surface area (TPSA) is 55.8 Å². The molecule has 98 valence electrons. The Morgan fingerprint density at radius 3 is 2.89 bits per heavy atom. The smallest absolute Gasteiger partial charge is 0.231 e. The van der Waals surface area contributed by atoms with Crippen LogP contribution in [0.15, 0.2) is 18.2 Å². The molecule has 1 aromatic rings. The number of ether oxygens (including phenoxy) is 2. The van der Waals surface area contributed by atoms with E-state index in [-0.39, 0.29) is 12.2 Å². The predicted octanol–water partition coefficient (Wildman–Crippen LogP) is 1.42. The van der Waals surface area contributed by atoms with Crippen molar-refractivity contribution in [2.24, 2.45) is 0 Å². The van der Waals surface area contributed by atoms with Gasteiger partial charge in [0.2, 0.25) is 16.8 Å². The van der Waals surface area contributed by atoms with Gasteiger partial charge in [0.1, 0.15) is 0 Å². The first kappa shape index (κ1) is 12.1. The first-order chi connectivity index (χ1) is 8.55. The van der Waals surface area contributed by atoms with Crippen molar-refractivity contribution in [1.82, 2.24) is 4.31 Å². The molecule has 2 aliphatic rings. The molecule has 18 heavy (non-hydrogen) atoms. The summed E-state index contributed by atoms with van der Waals surface area (Å²) >= 11 is 1.63. The molecule has 1 atom stereocenters. The van der Waals surface area contributed by atoms with Gasteiger partial charge in [0, 0.05) is 12.3 Å². The van der Waals surface area contributed by atoms with Gasteiger partial charge in [-0.3, -0.25) is 0 Å². The molecule has 3 rings (SSSR count). The van der Waals surface area contributed by atoms with Crippen LogP contribution >= 0.6 is 11.8 Å². The lowest BCUT2D eigenvalue weighted by Gasteiger charge is -2.21. The molecule has 1 saturated heterocycles. The van der Waals surface area contributed by atoms with E-state index < -0.39 is 10.0 Å². The van der Waals surface area contributed by atoms with Crippen LogP contribution in [0.2, 0.25) is 0 Å². The molecule has 2 heterocycles. The molecule has 0 aliphatic carbocycles. The minimum atomic E-state index is -3.17. The highest BCUT2D eigenvalue weighted by molar-refractivity contribution is 8.00. The van der Waals surface area contributed by atoms with E-state index in [1.54, 1.807) is 11.8 Å². The van der Waals surface area contributed by atoms with E-state index in [4.69, 9.17) is 9.47 Å². The zero-order valence-electron chi connectivity index (χ0n) is 9.83. The highest BCUT2D eigenvalue weighted by atomic mass is 32.2. The normalized spacial score (nSPS) is 23.5. The second-order valence-electron chi connectivity index (χ2n) is 4.21. The summed E-state index contributed by atoms with van der Waals surface area (Å²) in [6.45, 7) is 0.787. The first-order valence-corrected chi connectivity index (χ1v) is 8.43. The minimum Gasteiger partial charge on any atom is -0.454 e. The van der Waals surface area contributed by atoms with E-state index in [0.717, 1.165) is 11.3 Å². The van der Waals surface area contributed by atoms with Crippen LogP contribution in [0.1, 0.15) is 10.9 Å². The fourth-order valence-corrected chi connectivity index (χ4v) is 4.92. The Kier molecular flexibility index (Phi) is 2.91. The molecule has 1 aromatic carbocycles. The maximum atomic E-state index is 11.7. The quantitative estimate of drug-likeness (QED) is 0.823. The van der Waals surface area contributed by atoms with Gasteiger partial charge in [-0.2, -0.15) is 4.31 Å². The van der Waals surface area contributed by atoms with Crippen LogP contribution in [0.4, 0.5) is 0 Å². The fraction of sp³-hybridized carbons (Fsp3) is 0.455. The molecule has 0 saturated carbocycles. The average molecular weight is 287 g/mol. The van der Waals surface area contributed by atoms with Crippen LogP contribution < -0.4 is 9.47 Å². The predicted molar refractivity (Wildman–Crippen MR) is 69.3 cm³/mol. The van der Waals surface area contributed by atoms with Crippen molar-refractivity contribution in [3.8, 4) is 11.5 Å². The van der Waals surface area contributed by atoms with Crippen molar-refractivity contribution >= 4 is 21.8 Å². The van der Waals surface area contributed by atoms with Gasteiger partial charge in [-0.15, -0.1) is 11.8 Å². The average Bonchev–Trinajstić information content (AvgIpc) is 2.96. The Balaban J connectivity index is 1.95. The van der Waals surface area contributed by atoms with Crippen LogP contribution in [0, 0.1) is 0 Å². The van der Waals surface area contributed by atoms with E-state index in [1.165, 1.54) is 10.6 Å². The summed E-state index contributed by atoms with van der Waals surface area (Å²) in [5.41, 5.74) is 0.937. The van der Waals surface area contributed by atoms with E-state index in [1.807, 2.05) is 18.2 Å². The standard InChI is InChI=1S/C11H13NO4S2/c1-18(13,14)12-4-5-17-11(12)8-2-3-9-10(6-8)16-7-15-9/h2-3,6,11H,4-5,7H2,1H3. The summed E-state index contributed by atoms with van der Waals surface area (Å²) in [7, 11) is -3.17. The Labute approximate surface area is 110 Å². The number of hydrogen-bond acceptors (Lipinski definition) is 5. The van der Waals surface area contributed by atoms with Crippen molar-refractivity contribution in [2.75, 3.05) is 25.3 Å². The Bertz CT molecular complexity index is 572. The molecular formula is C11H13NO4S2. The van der Waals surface area contributed by atoms with Crippen LogP contribution in [-0.2, 0) is 10.0 Å². The number of fused-ring (bicyclic) bond motifs is 1. The third-order valence-electron chi connectivity index (χ3n) is 2.96. The maximum absolute atomic E-state index is 11.7. The highest BCUT2D eigenvalue weighted by Gasteiger charge is 2.33. The van der Waals surface area contributed by atoms with Gasteiger partial charge in [-0.25, -0.2) is 8.42 Å². The van der Waals surface area contributed by atoms with Gasteiger partial charge in [0.25, 0.3) is 0 Å². The molecule has 1 unspecified atom stereocenters. The fourth-order valence-electron chi connectivity index (χ4n) is 2.12. The zero-order chi connectivity index (χ0) is 12.8. The second kappa shape index (κ2) is 4.32. The summed E-state index contributed by atoms with van der Waals surface area (Å²) in [5.74, 6) is 2.22. The molecule has 0 bridgehead atoms. The third-order valence-corrected chi connectivity index (χ3v) is 5.60. The largest absolute Gasteiger partial charge is 0.454 e. The van der Waals surface area contributed by atoms with Gasteiger partial charge in [0.05, 0.1) is 11.6 Å². The van der Waals surface area contributed by atoms with Crippen molar-refractivity contribution in [3.05, 3.63) is 23.8 Å². The van der Waals surface area contributed by atoms with Gasteiger partial charge < -0.3 is 9.47 Å². The van der Waals surface area contributed by atoms with E-state index in [0.29, 0.717) is 18.0 Å². The monoisotopic (exact) mass is 287 g/mol. The number of benzene rings is 1. The lowest BCUT2D eigenvalue weighted by Crippen LogP contribution is -2.29. The van der Waals surface area contributed by atoms with Gasteiger partial charge >= 0.3 is 0 Å². The Morgan fingerprint density at radius 1 is 1.33 bits per heavy atom. The molecule has 2 aliphatic heterocycles. The molecule has 0 radical (unpaired) electrons. The summed E-state index contributed by atoms with van der Waals surface area (Å²) < 4.78 is 35.5. The van der Waals surface area contributed by atoms with Crippen LogP contribution in [0.25, 0.3) is 0 Å². The molecule has 1 fully saturated rings. The SMILES string of the molecule is CS(=O)(=O)N1CCSC1c1ccc2c(c1)OCO2. The van der Waals surface area contributed by atoms with Gasteiger partial charge in [-0.1, -0.05) is 6.07 Å². The van der Waals surface area contributed by atoms with E-state index in [2.05, 4.69) is 0 Å². The van der Waals surface area contributed by atoms with Gasteiger partial charge in [0.15, 0.2) is 11.5 Å². The zero-order valence-corrected chi connectivity index (χ0v) is 11.5. The maximum Gasteiger partial charge on any atom is 0.231 e. The third kappa shape index (κ3) is 2.06. The van der Waals surface area contributed by atoms with E-state index >= 15 is 0 Å². The second-order valence-corrected chi connectivity index (χ2v) is 7.33. The number of rotatable bonds is 2. The van der Waals surface area contributed by atoms with Crippen LogP contribution in [0.3, 0.4) is 0 Å². The van der Waals surface area contributed by atoms with Crippen molar-refractivity contribution in [3.63, 3.8) is 0 Å². The molecule has 5 nitrogen and oxygen atoms in total. The highest BCUT2D eigenvalue weighted by Crippen LogP contribution is 2.43. The lowest BCUT2D eigenvalue weighted by molar-refractivity contribution is 0.174. The molecule has 0 aromatic heterocycles. The number of sulfonamides is 1. The Hall–Kier alpha value is -0.920. The van der Waals surface area contributed by atoms with Crippen LogP contribution in [-0.4, -0.2) is 38.1 Å². The molecule has 0 spiro atoms. The number of thioether (sulfide) groups is 1. The first-order valence-electron chi connectivity index (χ1n) is 5.54. The summed E-state index contributed by atoms with van der Waals surface area (Å²) in [6, 6.07) is 5.59. The number of hydrogen-bond donors (Lipinski definition) is 0. The minimum absolute atomic E-state index is 0.158. The Morgan fingerprint density at radius 2 is 2.11 bits per heavy atom. The molecule has 0 N–H and O–H groups in total. The summed E-state index contributed by atoms with van der Waals surface area (Å²) in [4.78, 5) is 0. The van der Waals surface area contributed by atoms with Crippen LogP contribution in [0.5, 0.6) is 11.5 Å². The molecular weight excluding hydrogens is 274 g/mol. The van der Waals surface area contributed by atoms with Gasteiger partial charge in [-0.05, 0) is 17.7 Å². The molecule has 0 amide bonds. The molecule has 7 heteroatoms. The lowest BCUT2D eigenvalue weighted by atomic mass is 10.2.